The molecule has 0 radical (unpaired) electrons. The van der Waals surface area contributed by atoms with Crippen LogP contribution in [0.15, 0.2) is 17.8 Å². The van der Waals surface area contributed by atoms with E-state index in [1.165, 1.54) is 24.2 Å². The van der Waals surface area contributed by atoms with Crippen molar-refractivity contribution in [2.45, 2.75) is 32.2 Å². The van der Waals surface area contributed by atoms with Crippen LogP contribution in [-0.4, -0.2) is 19.5 Å². The van der Waals surface area contributed by atoms with Gasteiger partial charge in [0.05, 0.1) is 24.0 Å². The molecule has 0 fully saturated rings. The van der Waals surface area contributed by atoms with Crippen LogP contribution in [0.5, 0.6) is 0 Å². The number of aryl methyl sites for hydroxylation is 1. The zero-order chi connectivity index (χ0) is 14.2. The van der Waals surface area contributed by atoms with Crippen molar-refractivity contribution in [3.63, 3.8) is 0 Å². The number of aromatic nitrogens is 4. The summed E-state index contributed by atoms with van der Waals surface area (Å²) in [6, 6.07) is 1.98. The number of hydrogen-bond acceptors (Lipinski definition) is 6. The minimum absolute atomic E-state index is 0.644. The van der Waals surface area contributed by atoms with Gasteiger partial charge in [0.1, 0.15) is 4.83 Å². The van der Waals surface area contributed by atoms with Crippen molar-refractivity contribution in [2.75, 3.05) is 5.43 Å². The number of rotatable bonds is 3. The minimum atomic E-state index is 0.644. The maximum Gasteiger partial charge on any atom is 0.152 e. The van der Waals surface area contributed by atoms with E-state index >= 15 is 0 Å². The average molecular weight is 300 g/mol. The second-order valence-electron chi connectivity index (χ2n) is 5.25. The number of anilines is 1. The van der Waals surface area contributed by atoms with Crippen LogP contribution in [0, 0.1) is 0 Å². The summed E-state index contributed by atoms with van der Waals surface area (Å²) >= 11 is 1.60. The number of nitrogens with zero attached hydrogens (tertiary/aromatic N) is 4. The Kier molecular flexibility index (Phi) is 3.08. The first-order chi connectivity index (χ1) is 10.3. The number of hydrogen-bond donors (Lipinski definition) is 2. The molecule has 6 nitrogen and oxygen atoms in total. The lowest BCUT2D eigenvalue weighted by Crippen LogP contribution is -2.13. The molecule has 0 spiro atoms. The Morgan fingerprint density at radius 3 is 3.10 bits per heavy atom. The van der Waals surface area contributed by atoms with Gasteiger partial charge in [0.2, 0.25) is 0 Å². The molecule has 7 heteroatoms. The Balaban J connectivity index is 1.72. The van der Waals surface area contributed by atoms with Crippen LogP contribution in [0.1, 0.15) is 30.1 Å². The smallest absolute Gasteiger partial charge is 0.152 e. The van der Waals surface area contributed by atoms with E-state index in [4.69, 9.17) is 5.84 Å². The molecule has 3 aromatic rings. The monoisotopic (exact) mass is 300 g/mol. The second-order valence-corrected chi connectivity index (χ2v) is 6.14. The quantitative estimate of drug-likeness (QED) is 0.572. The molecule has 0 amide bonds. The Labute approximate surface area is 126 Å². The normalized spacial score (nSPS) is 14.3. The Hall–Kier alpha value is -1.99. The molecule has 0 aromatic carbocycles. The Morgan fingerprint density at radius 1 is 1.29 bits per heavy atom. The van der Waals surface area contributed by atoms with Crippen molar-refractivity contribution in [1.29, 1.82) is 0 Å². The maximum absolute atomic E-state index is 5.57. The molecule has 0 unspecified atom stereocenters. The number of imidazole rings is 1. The molecule has 3 aromatic heterocycles. The van der Waals surface area contributed by atoms with E-state index in [-0.39, 0.29) is 0 Å². The molecule has 0 saturated heterocycles. The highest BCUT2D eigenvalue weighted by molar-refractivity contribution is 7.16. The molecule has 0 saturated carbocycles. The van der Waals surface area contributed by atoms with Gasteiger partial charge in [-0.25, -0.2) is 20.8 Å². The fourth-order valence-corrected chi connectivity index (χ4v) is 3.68. The van der Waals surface area contributed by atoms with E-state index < -0.39 is 0 Å². The molecule has 21 heavy (non-hydrogen) atoms. The van der Waals surface area contributed by atoms with Crippen LogP contribution >= 0.6 is 11.3 Å². The standard InChI is InChI=1S/C14H16N6S/c15-19-13-9-5-6-21-14(9)18-12(17-13)7-20-8-16-10-3-1-2-4-11(10)20/h5-6,8H,1-4,7,15H2,(H,17,18,19). The van der Waals surface area contributed by atoms with E-state index in [1.54, 1.807) is 11.3 Å². The third-order valence-electron chi connectivity index (χ3n) is 3.93. The summed E-state index contributed by atoms with van der Waals surface area (Å²) in [7, 11) is 0. The van der Waals surface area contributed by atoms with Gasteiger partial charge in [-0.1, -0.05) is 0 Å². The predicted molar refractivity (Wildman–Crippen MR) is 83.2 cm³/mol. The molecule has 1 aliphatic carbocycles. The highest BCUT2D eigenvalue weighted by atomic mass is 32.1. The van der Waals surface area contributed by atoms with Gasteiger partial charge in [-0.15, -0.1) is 11.3 Å². The number of nitrogens with two attached hydrogens (primary N) is 1. The Bertz CT molecular complexity index is 790. The van der Waals surface area contributed by atoms with Crippen LogP contribution < -0.4 is 11.3 Å². The third kappa shape index (κ3) is 2.18. The van der Waals surface area contributed by atoms with Gasteiger partial charge in [-0.2, -0.15) is 0 Å². The number of nitrogens with one attached hydrogen (secondary N) is 1. The molecule has 0 aliphatic heterocycles. The lowest BCUT2D eigenvalue weighted by molar-refractivity contribution is 0.621. The lowest BCUT2D eigenvalue weighted by Gasteiger charge is -2.13. The number of nitrogen functional groups attached to an aromatic ring is 1. The van der Waals surface area contributed by atoms with E-state index in [1.807, 2.05) is 17.8 Å². The van der Waals surface area contributed by atoms with Crippen LogP contribution in [0.25, 0.3) is 10.2 Å². The van der Waals surface area contributed by atoms with Crippen LogP contribution in [0.4, 0.5) is 5.82 Å². The minimum Gasteiger partial charge on any atom is -0.327 e. The topological polar surface area (TPSA) is 81.6 Å². The third-order valence-corrected chi connectivity index (χ3v) is 4.74. The van der Waals surface area contributed by atoms with Gasteiger partial charge in [0.15, 0.2) is 11.6 Å². The lowest BCUT2D eigenvalue weighted by atomic mass is 10.0. The first kappa shape index (κ1) is 12.7. The van der Waals surface area contributed by atoms with Crippen LogP contribution in [0.3, 0.4) is 0 Å². The van der Waals surface area contributed by atoms with E-state index in [2.05, 4.69) is 24.9 Å². The van der Waals surface area contributed by atoms with Gasteiger partial charge in [-0.05, 0) is 37.1 Å². The van der Waals surface area contributed by atoms with E-state index in [0.717, 1.165) is 28.9 Å². The molecule has 4 rings (SSSR count). The number of hydrazine groups is 1. The largest absolute Gasteiger partial charge is 0.327 e. The van der Waals surface area contributed by atoms with Crippen molar-refractivity contribution < 1.29 is 0 Å². The maximum atomic E-state index is 5.57. The molecule has 1 aliphatic rings. The summed E-state index contributed by atoms with van der Waals surface area (Å²) in [5.41, 5.74) is 5.23. The SMILES string of the molecule is NNc1nc(Cn2cnc3c2CCCC3)nc2sccc12. The molecular weight excluding hydrogens is 284 g/mol. The van der Waals surface area contributed by atoms with Gasteiger partial charge < -0.3 is 9.99 Å². The summed E-state index contributed by atoms with van der Waals surface area (Å²) in [6.45, 7) is 0.644. The van der Waals surface area contributed by atoms with Crippen LogP contribution in [0.2, 0.25) is 0 Å². The van der Waals surface area contributed by atoms with Gasteiger partial charge in [-0.3, -0.25) is 0 Å². The van der Waals surface area contributed by atoms with Crippen LogP contribution in [-0.2, 0) is 19.4 Å². The van der Waals surface area contributed by atoms with Crippen molar-refractivity contribution >= 4 is 27.4 Å². The summed E-state index contributed by atoms with van der Waals surface area (Å²) in [4.78, 5) is 14.6. The van der Waals surface area contributed by atoms with E-state index in [9.17, 15) is 0 Å². The number of thiophene rings is 1. The second kappa shape index (κ2) is 5.09. The summed E-state index contributed by atoms with van der Waals surface area (Å²) in [6.07, 6.45) is 6.57. The van der Waals surface area contributed by atoms with Gasteiger partial charge in [0, 0.05) is 5.69 Å². The van der Waals surface area contributed by atoms with Crippen molar-refractivity contribution in [1.82, 2.24) is 19.5 Å². The predicted octanol–water partition coefficient (Wildman–Crippen LogP) is 2.10. The average Bonchev–Trinajstić information content (AvgIpc) is 3.14. The summed E-state index contributed by atoms with van der Waals surface area (Å²) in [5.74, 6) is 7.03. The molecule has 0 atom stereocenters. The highest BCUT2D eigenvalue weighted by Crippen LogP contribution is 2.25. The fourth-order valence-electron chi connectivity index (χ4n) is 2.90. The Morgan fingerprint density at radius 2 is 2.19 bits per heavy atom. The molecule has 108 valence electrons. The molecule has 0 bridgehead atoms. The molecule has 3 N–H and O–H groups in total. The zero-order valence-electron chi connectivity index (χ0n) is 11.5. The first-order valence-corrected chi connectivity index (χ1v) is 7.97. The van der Waals surface area contributed by atoms with E-state index in [0.29, 0.717) is 12.4 Å². The number of fused-ring (bicyclic) bond motifs is 2. The first-order valence-electron chi connectivity index (χ1n) is 7.09. The van der Waals surface area contributed by atoms with Crippen molar-refractivity contribution in [2.24, 2.45) is 5.84 Å². The summed E-state index contributed by atoms with van der Waals surface area (Å²) in [5, 5.41) is 2.97. The van der Waals surface area contributed by atoms with Gasteiger partial charge >= 0.3 is 0 Å². The van der Waals surface area contributed by atoms with Gasteiger partial charge in [0.25, 0.3) is 0 Å². The fraction of sp³-hybridized carbons (Fsp3) is 0.357. The summed E-state index contributed by atoms with van der Waals surface area (Å²) < 4.78 is 2.17. The van der Waals surface area contributed by atoms with Crippen molar-refractivity contribution in [3.05, 3.63) is 35.0 Å². The zero-order valence-corrected chi connectivity index (χ0v) is 12.4. The van der Waals surface area contributed by atoms with Crippen molar-refractivity contribution in [3.8, 4) is 0 Å². The molecular formula is C14H16N6S. The highest BCUT2D eigenvalue weighted by Gasteiger charge is 2.16. The molecule has 3 heterocycles.